The number of halogens is 2. The summed E-state index contributed by atoms with van der Waals surface area (Å²) in [5.74, 6) is 0.805. The number of nitrogens with one attached hydrogen (secondary N) is 1. The normalized spacial score (nSPS) is 10.9. The molecule has 0 bridgehead atoms. The summed E-state index contributed by atoms with van der Waals surface area (Å²) >= 11 is 13.4. The van der Waals surface area contributed by atoms with E-state index < -0.39 is 0 Å². The Morgan fingerprint density at radius 2 is 1.89 bits per heavy atom. The zero-order valence-electron chi connectivity index (χ0n) is 15.1. The van der Waals surface area contributed by atoms with Gasteiger partial charge in [-0.15, -0.1) is 10.2 Å². The van der Waals surface area contributed by atoms with Crippen LogP contribution in [-0.4, -0.2) is 26.4 Å². The van der Waals surface area contributed by atoms with Crippen molar-refractivity contribution in [1.29, 1.82) is 0 Å². The third kappa shape index (κ3) is 4.64. The monoisotopic (exact) mass is 420 g/mol. The van der Waals surface area contributed by atoms with E-state index in [2.05, 4.69) is 15.5 Å². The van der Waals surface area contributed by atoms with Crippen molar-refractivity contribution in [3.63, 3.8) is 0 Å². The van der Waals surface area contributed by atoms with E-state index in [1.54, 1.807) is 12.1 Å². The number of amides is 1. The number of aromatic nitrogens is 3. The lowest BCUT2D eigenvalue weighted by Gasteiger charge is -2.09. The van der Waals surface area contributed by atoms with Crippen LogP contribution in [0.15, 0.2) is 41.6 Å². The first-order chi connectivity index (χ1) is 12.8. The fourth-order valence-electron chi connectivity index (χ4n) is 2.51. The van der Waals surface area contributed by atoms with Crippen LogP contribution in [0, 0.1) is 13.8 Å². The molecule has 0 aliphatic heterocycles. The van der Waals surface area contributed by atoms with Gasteiger partial charge in [-0.05, 0) is 49.2 Å². The maximum atomic E-state index is 12.3. The fraction of sp³-hybridized carbons (Fsp3) is 0.211. The number of thioether (sulfide) groups is 1. The summed E-state index contributed by atoms with van der Waals surface area (Å²) in [6.07, 6.45) is 0. The van der Waals surface area contributed by atoms with Crippen LogP contribution in [-0.2, 0) is 11.8 Å². The molecule has 1 N–H and O–H groups in total. The zero-order valence-corrected chi connectivity index (χ0v) is 17.4. The summed E-state index contributed by atoms with van der Waals surface area (Å²) in [4.78, 5) is 12.3. The van der Waals surface area contributed by atoms with Crippen molar-refractivity contribution in [3.05, 3.63) is 57.6 Å². The first-order valence-electron chi connectivity index (χ1n) is 8.20. The van der Waals surface area contributed by atoms with E-state index in [1.165, 1.54) is 11.8 Å². The molecular formula is C19H18Cl2N4OS. The van der Waals surface area contributed by atoms with E-state index in [0.717, 1.165) is 22.4 Å². The number of anilines is 1. The molecule has 27 heavy (non-hydrogen) atoms. The topological polar surface area (TPSA) is 59.8 Å². The molecule has 0 aliphatic rings. The van der Waals surface area contributed by atoms with Crippen molar-refractivity contribution in [3.8, 4) is 11.4 Å². The van der Waals surface area contributed by atoms with Gasteiger partial charge in [-0.2, -0.15) is 0 Å². The van der Waals surface area contributed by atoms with Gasteiger partial charge in [0.2, 0.25) is 5.91 Å². The second-order valence-electron chi connectivity index (χ2n) is 6.15. The molecule has 0 unspecified atom stereocenters. The van der Waals surface area contributed by atoms with Gasteiger partial charge in [-0.3, -0.25) is 4.79 Å². The van der Waals surface area contributed by atoms with Gasteiger partial charge in [0.15, 0.2) is 11.0 Å². The molecule has 1 heterocycles. The van der Waals surface area contributed by atoms with E-state index >= 15 is 0 Å². The molecule has 8 heteroatoms. The molecule has 0 saturated heterocycles. The van der Waals surface area contributed by atoms with E-state index in [-0.39, 0.29) is 11.7 Å². The molecule has 3 rings (SSSR count). The van der Waals surface area contributed by atoms with Crippen molar-refractivity contribution in [1.82, 2.24) is 14.8 Å². The van der Waals surface area contributed by atoms with Crippen molar-refractivity contribution >= 4 is 46.6 Å². The maximum Gasteiger partial charge on any atom is 0.234 e. The minimum Gasteiger partial charge on any atom is -0.325 e. The second kappa shape index (κ2) is 8.33. The highest BCUT2D eigenvalue weighted by Gasteiger charge is 2.14. The summed E-state index contributed by atoms with van der Waals surface area (Å²) in [5, 5.41) is 12.9. The Balaban J connectivity index is 1.68. The summed E-state index contributed by atoms with van der Waals surface area (Å²) in [5.41, 5.74) is 3.77. The summed E-state index contributed by atoms with van der Waals surface area (Å²) in [7, 11) is 1.85. The number of nitrogens with zero attached hydrogens (tertiary/aromatic N) is 3. The van der Waals surface area contributed by atoms with Gasteiger partial charge < -0.3 is 9.88 Å². The minimum atomic E-state index is -0.0900. The largest absolute Gasteiger partial charge is 0.325 e. The van der Waals surface area contributed by atoms with Crippen molar-refractivity contribution < 1.29 is 4.79 Å². The molecule has 2 aromatic carbocycles. The van der Waals surface area contributed by atoms with Crippen LogP contribution >= 0.6 is 35.0 Å². The molecule has 0 spiro atoms. The number of rotatable bonds is 5. The van der Waals surface area contributed by atoms with Gasteiger partial charge in [0.05, 0.1) is 15.8 Å². The number of carbonyl (C=O) groups excluding carboxylic acids is 1. The number of aryl methyl sites for hydroxylation is 2. The predicted molar refractivity (Wildman–Crippen MR) is 112 cm³/mol. The summed E-state index contributed by atoms with van der Waals surface area (Å²) in [6, 6.07) is 11.3. The zero-order chi connectivity index (χ0) is 19.6. The molecule has 5 nitrogen and oxygen atoms in total. The minimum absolute atomic E-state index is 0.0900. The van der Waals surface area contributed by atoms with Crippen LogP contribution in [0.2, 0.25) is 10.0 Å². The van der Waals surface area contributed by atoms with Gasteiger partial charge in [0, 0.05) is 18.3 Å². The van der Waals surface area contributed by atoms with Crippen LogP contribution < -0.4 is 5.32 Å². The predicted octanol–water partition coefficient (Wildman–Crippen LogP) is 5.14. The number of hydrogen-bond donors (Lipinski definition) is 1. The Bertz CT molecular complexity index is 1000. The van der Waals surface area contributed by atoms with E-state index in [4.69, 9.17) is 23.2 Å². The Morgan fingerprint density at radius 3 is 2.63 bits per heavy atom. The molecule has 0 radical (unpaired) electrons. The molecule has 0 atom stereocenters. The second-order valence-corrected chi connectivity index (χ2v) is 7.91. The maximum absolute atomic E-state index is 12.3. The van der Waals surface area contributed by atoms with Gasteiger partial charge in [-0.25, -0.2) is 0 Å². The molecule has 0 saturated carbocycles. The fourth-order valence-corrected chi connectivity index (χ4v) is 3.52. The van der Waals surface area contributed by atoms with E-state index in [1.807, 2.05) is 49.7 Å². The molecule has 1 amide bonds. The Morgan fingerprint density at radius 1 is 1.11 bits per heavy atom. The highest BCUT2D eigenvalue weighted by Crippen LogP contribution is 2.29. The lowest BCUT2D eigenvalue weighted by molar-refractivity contribution is -0.113. The molecule has 140 valence electrons. The number of benzene rings is 2. The van der Waals surface area contributed by atoms with Crippen LogP contribution in [0.3, 0.4) is 0 Å². The molecule has 0 fully saturated rings. The standard InChI is InChI=1S/C19H18Cl2N4OS/c1-11-4-5-12(2)16(8-11)22-17(26)10-27-19-24-23-18(25(19)3)13-6-7-14(20)15(21)9-13/h4-9H,10H2,1-3H3,(H,22,26). The van der Waals surface area contributed by atoms with Gasteiger partial charge >= 0.3 is 0 Å². The number of carbonyl (C=O) groups is 1. The molecular weight excluding hydrogens is 403 g/mol. The lowest BCUT2D eigenvalue weighted by Crippen LogP contribution is -2.15. The van der Waals surface area contributed by atoms with Crippen molar-refractivity contribution in [2.24, 2.45) is 7.05 Å². The van der Waals surface area contributed by atoms with Crippen LogP contribution in [0.5, 0.6) is 0 Å². The van der Waals surface area contributed by atoms with Gasteiger partial charge in [0.25, 0.3) is 0 Å². The van der Waals surface area contributed by atoms with Crippen LogP contribution in [0.1, 0.15) is 11.1 Å². The molecule has 0 aliphatic carbocycles. The molecule has 3 aromatic rings. The summed E-state index contributed by atoms with van der Waals surface area (Å²) in [6.45, 7) is 3.96. The highest BCUT2D eigenvalue weighted by atomic mass is 35.5. The van der Waals surface area contributed by atoms with Gasteiger partial charge in [0.1, 0.15) is 0 Å². The third-order valence-electron chi connectivity index (χ3n) is 4.01. The Hall–Kier alpha value is -2.02. The average molecular weight is 421 g/mol. The highest BCUT2D eigenvalue weighted by molar-refractivity contribution is 7.99. The Kier molecular flexibility index (Phi) is 6.09. The van der Waals surface area contributed by atoms with E-state index in [0.29, 0.717) is 21.0 Å². The van der Waals surface area contributed by atoms with Crippen molar-refractivity contribution in [2.75, 3.05) is 11.1 Å². The van der Waals surface area contributed by atoms with Gasteiger partial charge in [-0.1, -0.05) is 47.1 Å². The average Bonchev–Trinajstić information content (AvgIpc) is 2.99. The number of hydrogen-bond acceptors (Lipinski definition) is 4. The first-order valence-corrected chi connectivity index (χ1v) is 9.94. The smallest absolute Gasteiger partial charge is 0.234 e. The lowest BCUT2D eigenvalue weighted by atomic mass is 10.1. The van der Waals surface area contributed by atoms with E-state index in [9.17, 15) is 4.79 Å². The van der Waals surface area contributed by atoms with Crippen LogP contribution in [0.4, 0.5) is 5.69 Å². The SMILES string of the molecule is Cc1ccc(C)c(NC(=O)CSc2nnc(-c3ccc(Cl)c(Cl)c3)n2C)c1. The third-order valence-corrected chi connectivity index (χ3v) is 5.77. The first kappa shape index (κ1) is 19.7. The Labute approximate surface area is 172 Å². The van der Waals surface area contributed by atoms with Crippen LogP contribution in [0.25, 0.3) is 11.4 Å². The van der Waals surface area contributed by atoms with Crippen molar-refractivity contribution in [2.45, 2.75) is 19.0 Å². The quantitative estimate of drug-likeness (QED) is 0.580. The summed E-state index contributed by atoms with van der Waals surface area (Å²) < 4.78 is 1.83. The molecule has 1 aromatic heterocycles.